The summed E-state index contributed by atoms with van der Waals surface area (Å²) in [5, 5.41) is 5.79. The fourth-order valence-electron chi connectivity index (χ4n) is 3.02. The van der Waals surface area contributed by atoms with Gasteiger partial charge in [0.2, 0.25) is 0 Å². The van der Waals surface area contributed by atoms with Gasteiger partial charge in [-0.25, -0.2) is 4.98 Å². The van der Waals surface area contributed by atoms with Gasteiger partial charge >= 0.3 is 0 Å². The number of thiophene rings is 1. The van der Waals surface area contributed by atoms with Crippen molar-refractivity contribution in [3.05, 3.63) is 40.6 Å². The molecule has 1 unspecified atom stereocenters. The van der Waals surface area contributed by atoms with E-state index in [0.29, 0.717) is 6.04 Å². The van der Waals surface area contributed by atoms with Gasteiger partial charge in [0.15, 0.2) is 0 Å². The lowest BCUT2D eigenvalue weighted by molar-refractivity contribution is 0.371. The molecule has 3 rings (SSSR count). The van der Waals surface area contributed by atoms with Crippen LogP contribution in [-0.2, 0) is 12.0 Å². The fraction of sp³-hybridized carbons (Fsp3) is 0.562. The molecule has 20 heavy (non-hydrogen) atoms. The molecule has 0 radical (unpaired) electrons. The van der Waals surface area contributed by atoms with E-state index in [-0.39, 0.29) is 5.41 Å². The SMILES string of the molecule is CC(C)(Cn1cncc1C1CCCCN1)c1cccs1. The normalized spacial score (nSPS) is 20.2. The van der Waals surface area contributed by atoms with Crippen molar-refractivity contribution < 1.29 is 0 Å². The molecule has 0 spiro atoms. The van der Waals surface area contributed by atoms with Crippen molar-refractivity contribution in [1.82, 2.24) is 14.9 Å². The van der Waals surface area contributed by atoms with Crippen molar-refractivity contribution in [1.29, 1.82) is 0 Å². The van der Waals surface area contributed by atoms with Crippen LogP contribution in [-0.4, -0.2) is 16.1 Å². The van der Waals surface area contributed by atoms with Crippen LogP contribution in [0.15, 0.2) is 30.0 Å². The lowest BCUT2D eigenvalue weighted by atomic mass is 9.91. The topological polar surface area (TPSA) is 29.9 Å². The number of nitrogens with one attached hydrogen (secondary N) is 1. The highest BCUT2D eigenvalue weighted by atomic mass is 32.1. The standard InChI is InChI=1S/C16H23N3S/c1-16(2,15-7-5-9-20-15)11-19-12-17-10-14(19)13-6-3-4-8-18-13/h5,7,9-10,12-13,18H,3-4,6,8,11H2,1-2H3. The van der Waals surface area contributed by atoms with Gasteiger partial charge in [0, 0.05) is 29.1 Å². The van der Waals surface area contributed by atoms with Gasteiger partial charge in [-0.1, -0.05) is 26.3 Å². The van der Waals surface area contributed by atoms with Gasteiger partial charge in [-0.2, -0.15) is 0 Å². The zero-order valence-electron chi connectivity index (χ0n) is 12.3. The van der Waals surface area contributed by atoms with Crippen LogP contribution in [0.4, 0.5) is 0 Å². The Balaban J connectivity index is 1.79. The van der Waals surface area contributed by atoms with Crippen LogP contribution in [0.25, 0.3) is 0 Å². The van der Waals surface area contributed by atoms with E-state index in [1.165, 1.54) is 29.8 Å². The first-order valence-corrected chi connectivity index (χ1v) is 8.32. The third kappa shape index (κ3) is 2.81. The number of imidazole rings is 1. The van der Waals surface area contributed by atoms with Crippen LogP contribution >= 0.6 is 11.3 Å². The highest BCUT2D eigenvalue weighted by molar-refractivity contribution is 7.10. The molecule has 0 aromatic carbocycles. The van der Waals surface area contributed by atoms with Gasteiger partial charge < -0.3 is 9.88 Å². The zero-order valence-corrected chi connectivity index (χ0v) is 13.1. The largest absolute Gasteiger partial charge is 0.332 e. The molecule has 4 heteroatoms. The van der Waals surface area contributed by atoms with Gasteiger partial charge in [-0.15, -0.1) is 11.3 Å². The van der Waals surface area contributed by atoms with Crippen molar-refractivity contribution >= 4 is 11.3 Å². The Kier molecular flexibility index (Phi) is 3.94. The lowest BCUT2D eigenvalue weighted by Gasteiger charge is -2.28. The Bertz CT molecular complexity index is 536. The minimum Gasteiger partial charge on any atom is -0.332 e. The third-order valence-electron chi connectivity index (χ3n) is 4.17. The van der Waals surface area contributed by atoms with E-state index in [0.717, 1.165) is 13.1 Å². The first kappa shape index (κ1) is 13.8. The van der Waals surface area contributed by atoms with Gasteiger partial charge in [-0.3, -0.25) is 0 Å². The number of nitrogens with zero attached hydrogens (tertiary/aromatic N) is 2. The summed E-state index contributed by atoms with van der Waals surface area (Å²) in [6.45, 7) is 6.75. The maximum Gasteiger partial charge on any atom is 0.0948 e. The van der Waals surface area contributed by atoms with Gasteiger partial charge in [0.05, 0.1) is 12.0 Å². The summed E-state index contributed by atoms with van der Waals surface area (Å²) in [5.41, 5.74) is 1.49. The minimum atomic E-state index is 0.151. The second kappa shape index (κ2) is 5.70. The van der Waals surface area contributed by atoms with Crippen LogP contribution in [0, 0.1) is 0 Å². The van der Waals surface area contributed by atoms with Crippen LogP contribution < -0.4 is 5.32 Å². The van der Waals surface area contributed by atoms with E-state index in [9.17, 15) is 0 Å². The Morgan fingerprint density at radius 1 is 1.45 bits per heavy atom. The predicted molar refractivity (Wildman–Crippen MR) is 84.2 cm³/mol. The van der Waals surface area contributed by atoms with Crippen LogP contribution in [0.3, 0.4) is 0 Å². The smallest absolute Gasteiger partial charge is 0.0948 e. The van der Waals surface area contributed by atoms with Crippen molar-refractivity contribution in [3.63, 3.8) is 0 Å². The number of hydrogen-bond donors (Lipinski definition) is 1. The number of rotatable bonds is 4. The van der Waals surface area contributed by atoms with E-state index in [1.807, 2.05) is 23.9 Å². The number of hydrogen-bond acceptors (Lipinski definition) is 3. The number of piperidine rings is 1. The van der Waals surface area contributed by atoms with E-state index >= 15 is 0 Å². The third-order valence-corrected chi connectivity index (χ3v) is 5.40. The highest BCUT2D eigenvalue weighted by Crippen LogP contribution is 2.31. The molecule has 2 aromatic rings. The van der Waals surface area contributed by atoms with Crippen molar-refractivity contribution in [2.45, 2.75) is 51.1 Å². The molecule has 3 heterocycles. The molecule has 1 N–H and O–H groups in total. The monoisotopic (exact) mass is 289 g/mol. The van der Waals surface area contributed by atoms with E-state index in [4.69, 9.17) is 0 Å². The minimum absolute atomic E-state index is 0.151. The second-order valence-corrected chi connectivity index (χ2v) is 7.26. The summed E-state index contributed by atoms with van der Waals surface area (Å²) < 4.78 is 2.34. The van der Waals surface area contributed by atoms with Crippen LogP contribution in [0.2, 0.25) is 0 Å². The summed E-state index contributed by atoms with van der Waals surface area (Å²) in [4.78, 5) is 5.83. The van der Waals surface area contributed by atoms with Crippen molar-refractivity contribution in [2.24, 2.45) is 0 Å². The molecular weight excluding hydrogens is 266 g/mol. The predicted octanol–water partition coefficient (Wildman–Crippen LogP) is 3.74. The summed E-state index contributed by atoms with van der Waals surface area (Å²) >= 11 is 1.84. The molecular formula is C16H23N3S. The number of aromatic nitrogens is 2. The summed E-state index contributed by atoms with van der Waals surface area (Å²) in [7, 11) is 0. The molecule has 1 aliphatic rings. The Morgan fingerprint density at radius 3 is 3.05 bits per heavy atom. The molecule has 1 atom stereocenters. The van der Waals surface area contributed by atoms with Crippen LogP contribution in [0.5, 0.6) is 0 Å². The zero-order chi connectivity index (χ0) is 14.0. The molecule has 0 aliphatic carbocycles. The summed E-state index contributed by atoms with van der Waals surface area (Å²) in [6, 6.07) is 4.85. The quantitative estimate of drug-likeness (QED) is 0.929. The molecule has 1 aliphatic heterocycles. The molecule has 108 valence electrons. The van der Waals surface area contributed by atoms with Gasteiger partial charge in [0.1, 0.15) is 0 Å². The van der Waals surface area contributed by atoms with Gasteiger partial charge in [0.25, 0.3) is 0 Å². The molecule has 1 saturated heterocycles. The second-order valence-electron chi connectivity index (χ2n) is 6.31. The first-order valence-electron chi connectivity index (χ1n) is 7.44. The molecule has 3 nitrogen and oxygen atoms in total. The fourth-order valence-corrected chi connectivity index (χ4v) is 3.87. The highest BCUT2D eigenvalue weighted by Gasteiger charge is 2.25. The molecule has 2 aromatic heterocycles. The van der Waals surface area contributed by atoms with E-state index in [2.05, 4.69) is 46.2 Å². The maximum atomic E-state index is 4.39. The lowest BCUT2D eigenvalue weighted by Crippen LogP contribution is -2.31. The van der Waals surface area contributed by atoms with Crippen molar-refractivity contribution in [3.8, 4) is 0 Å². The van der Waals surface area contributed by atoms with E-state index in [1.54, 1.807) is 0 Å². The summed E-state index contributed by atoms with van der Waals surface area (Å²) in [5.74, 6) is 0. The average Bonchev–Trinajstić information content (AvgIpc) is 3.10. The Morgan fingerprint density at radius 2 is 2.35 bits per heavy atom. The average molecular weight is 289 g/mol. The molecule has 0 amide bonds. The Labute approximate surface area is 125 Å². The first-order chi connectivity index (χ1) is 9.67. The van der Waals surface area contributed by atoms with E-state index < -0.39 is 0 Å². The Hall–Kier alpha value is -1.13. The maximum absolute atomic E-state index is 4.39. The molecule has 0 bridgehead atoms. The summed E-state index contributed by atoms with van der Waals surface area (Å²) in [6.07, 6.45) is 7.86. The molecule has 1 fully saturated rings. The van der Waals surface area contributed by atoms with Gasteiger partial charge in [-0.05, 0) is 30.8 Å². The van der Waals surface area contributed by atoms with Crippen molar-refractivity contribution in [2.75, 3.05) is 6.54 Å². The molecule has 0 saturated carbocycles. The van der Waals surface area contributed by atoms with Crippen LogP contribution in [0.1, 0.15) is 49.7 Å².